The molecule has 0 aromatic heterocycles. The lowest BCUT2D eigenvalue weighted by Gasteiger charge is -2.10. The van der Waals surface area contributed by atoms with Crippen LogP contribution in [0.2, 0.25) is 0 Å². The van der Waals surface area contributed by atoms with E-state index in [-0.39, 0.29) is 17.1 Å². The van der Waals surface area contributed by atoms with E-state index in [9.17, 15) is 24.8 Å². The second-order valence-corrected chi connectivity index (χ2v) is 5.09. The molecule has 8 nitrogen and oxygen atoms in total. The van der Waals surface area contributed by atoms with Gasteiger partial charge in [-0.3, -0.25) is 19.7 Å². The molecule has 3 N–H and O–H groups in total. The van der Waals surface area contributed by atoms with Crippen LogP contribution in [0.4, 0.5) is 11.4 Å². The van der Waals surface area contributed by atoms with Crippen LogP contribution >= 0.6 is 0 Å². The number of non-ortho nitro benzene ring substituents is 1. The summed E-state index contributed by atoms with van der Waals surface area (Å²) in [5.41, 5.74) is 0.604. The zero-order valence-corrected chi connectivity index (χ0v) is 13.2. The van der Waals surface area contributed by atoms with Crippen molar-refractivity contribution in [2.45, 2.75) is 6.92 Å². The van der Waals surface area contributed by atoms with Crippen LogP contribution in [0.1, 0.15) is 12.5 Å². The molecule has 25 heavy (non-hydrogen) atoms. The maximum absolute atomic E-state index is 12.4. The molecule has 2 aromatic carbocycles. The number of rotatable bonds is 5. The Balaban J connectivity index is 2.29. The maximum atomic E-state index is 12.4. The topological polar surface area (TPSA) is 122 Å². The minimum atomic E-state index is -0.604. The van der Waals surface area contributed by atoms with Crippen LogP contribution in [0.15, 0.2) is 54.2 Å². The number of phenols is 1. The first-order valence-corrected chi connectivity index (χ1v) is 7.19. The average molecular weight is 341 g/mol. The quantitative estimate of drug-likeness (QED) is 0.334. The van der Waals surface area contributed by atoms with Gasteiger partial charge in [0.1, 0.15) is 11.4 Å². The normalized spacial score (nSPS) is 10.8. The molecule has 2 aromatic rings. The SMILES string of the molecule is CC(=O)NC(=Cc1cccc([N+](=O)[O-])c1)C(=O)Nc1ccc(O)cc1. The van der Waals surface area contributed by atoms with Gasteiger partial charge in [0.05, 0.1) is 4.92 Å². The van der Waals surface area contributed by atoms with Gasteiger partial charge in [0.15, 0.2) is 0 Å². The van der Waals surface area contributed by atoms with Gasteiger partial charge in [0, 0.05) is 24.7 Å². The fraction of sp³-hybridized carbons (Fsp3) is 0.0588. The number of hydrogen-bond donors (Lipinski definition) is 3. The van der Waals surface area contributed by atoms with Crippen molar-refractivity contribution >= 4 is 29.3 Å². The first-order valence-electron chi connectivity index (χ1n) is 7.19. The first-order chi connectivity index (χ1) is 11.8. The number of hydrogen-bond acceptors (Lipinski definition) is 5. The van der Waals surface area contributed by atoms with Crippen molar-refractivity contribution in [3.05, 3.63) is 69.9 Å². The third-order valence-electron chi connectivity index (χ3n) is 3.07. The minimum absolute atomic E-state index is 0.0484. The van der Waals surface area contributed by atoms with Gasteiger partial charge < -0.3 is 15.7 Å². The largest absolute Gasteiger partial charge is 0.508 e. The van der Waals surface area contributed by atoms with Crippen LogP contribution in [-0.2, 0) is 9.59 Å². The molecule has 0 spiro atoms. The van der Waals surface area contributed by atoms with E-state index in [0.29, 0.717) is 11.3 Å². The fourth-order valence-electron chi connectivity index (χ4n) is 1.99. The average Bonchev–Trinajstić information content (AvgIpc) is 2.56. The highest BCUT2D eigenvalue weighted by atomic mass is 16.6. The maximum Gasteiger partial charge on any atom is 0.272 e. The Morgan fingerprint density at radius 2 is 1.84 bits per heavy atom. The van der Waals surface area contributed by atoms with Crippen molar-refractivity contribution in [1.29, 1.82) is 0 Å². The van der Waals surface area contributed by atoms with Crippen molar-refractivity contribution in [2.75, 3.05) is 5.32 Å². The van der Waals surface area contributed by atoms with E-state index in [1.807, 2.05) is 0 Å². The van der Waals surface area contributed by atoms with Gasteiger partial charge in [-0.15, -0.1) is 0 Å². The number of carbonyl (C=O) groups excluding carboxylic acids is 2. The third-order valence-corrected chi connectivity index (χ3v) is 3.07. The number of carbonyl (C=O) groups is 2. The monoisotopic (exact) mass is 341 g/mol. The molecule has 0 saturated carbocycles. The zero-order valence-electron chi connectivity index (χ0n) is 13.2. The summed E-state index contributed by atoms with van der Waals surface area (Å²) in [5, 5.41) is 25.0. The molecule has 0 aliphatic heterocycles. The van der Waals surface area contributed by atoms with Crippen LogP contribution in [0, 0.1) is 10.1 Å². The van der Waals surface area contributed by atoms with Crippen molar-refractivity contribution in [3.63, 3.8) is 0 Å². The Morgan fingerprint density at radius 1 is 1.16 bits per heavy atom. The van der Waals surface area contributed by atoms with Gasteiger partial charge in [0.2, 0.25) is 5.91 Å². The van der Waals surface area contributed by atoms with Crippen LogP contribution in [-0.4, -0.2) is 21.8 Å². The molecule has 0 atom stereocenters. The molecule has 0 saturated heterocycles. The van der Waals surface area contributed by atoms with Crippen LogP contribution in [0.5, 0.6) is 5.75 Å². The molecule has 0 bridgehead atoms. The number of aromatic hydroxyl groups is 1. The number of nitrogens with one attached hydrogen (secondary N) is 2. The number of nitro groups is 1. The summed E-state index contributed by atoms with van der Waals surface area (Å²) in [6, 6.07) is 11.4. The van der Waals surface area contributed by atoms with E-state index in [0.717, 1.165) is 0 Å². The molecule has 0 aliphatic carbocycles. The third kappa shape index (κ3) is 5.17. The predicted octanol–water partition coefficient (Wildman–Crippen LogP) is 2.42. The Kier molecular flexibility index (Phi) is 5.47. The van der Waals surface area contributed by atoms with E-state index in [2.05, 4.69) is 10.6 Å². The summed E-state index contributed by atoms with van der Waals surface area (Å²) < 4.78 is 0. The van der Waals surface area contributed by atoms with E-state index >= 15 is 0 Å². The van der Waals surface area contributed by atoms with E-state index in [1.54, 1.807) is 6.07 Å². The first kappa shape index (κ1) is 17.7. The highest BCUT2D eigenvalue weighted by Gasteiger charge is 2.13. The molecule has 2 rings (SSSR count). The number of nitrogens with zero attached hydrogens (tertiary/aromatic N) is 1. The molecule has 0 unspecified atom stereocenters. The predicted molar refractivity (Wildman–Crippen MR) is 91.6 cm³/mol. The van der Waals surface area contributed by atoms with Gasteiger partial charge in [0.25, 0.3) is 11.6 Å². The summed E-state index contributed by atoms with van der Waals surface area (Å²) in [5.74, 6) is -1.02. The minimum Gasteiger partial charge on any atom is -0.508 e. The second-order valence-electron chi connectivity index (χ2n) is 5.09. The van der Waals surface area contributed by atoms with Gasteiger partial charge in [-0.25, -0.2) is 0 Å². The molecule has 0 aliphatic rings. The lowest BCUT2D eigenvalue weighted by atomic mass is 10.1. The molecule has 128 valence electrons. The summed E-state index contributed by atoms with van der Waals surface area (Å²) >= 11 is 0. The molecule has 0 fully saturated rings. The van der Waals surface area contributed by atoms with Crippen molar-refractivity contribution < 1.29 is 19.6 Å². The van der Waals surface area contributed by atoms with Crippen LogP contribution in [0.3, 0.4) is 0 Å². The highest BCUT2D eigenvalue weighted by molar-refractivity contribution is 6.08. The lowest BCUT2D eigenvalue weighted by Crippen LogP contribution is -2.28. The number of benzene rings is 2. The van der Waals surface area contributed by atoms with E-state index < -0.39 is 16.7 Å². The summed E-state index contributed by atoms with van der Waals surface area (Å²) in [6.07, 6.45) is 1.34. The fourth-order valence-corrected chi connectivity index (χ4v) is 1.99. The Labute approximate surface area is 142 Å². The Morgan fingerprint density at radius 3 is 2.44 bits per heavy atom. The molecule has 8 heteroatoms. The summed E-state index contributed by atoms with van der Waals surface area (Å²) in [6.45, 7) is 1.25. The summed E-state index contributed by atoms with van der Waals surface area (Å²) in [7, 11) is 0. The smallest absolute Gasteiger partial charge is 0.272 e. The lowest BCUT2D eigenvalue weighted by molar-refractivity contribution is -0.384. The number of nitro benzene ring substituents is 1. The zero-order chi connectivity index (χ0) is 18.4. The highest BCUT2D eigenvalue weighted by Crippen LogP contribution is 2.17. The molecular formula is C17H15N3O5. The van der Waals surface area contributed by atoms with E-state index in [4.69, 9.17) is 0 Å². The molecule has 2 amide bonds. The van der Waals surface area contributed by atoms with Crippen molar-refractivity contribution in [2.24, 2.45) is 0 Å². The number of anilines is 1. The Hall–Kier alpha value is -3.68. The van der Waals surface area contributed by atoms with Crippen LogP contribution < -0.4 is 10.6 Å². The van der Waals surface area contributed by atoms with Gasteiger partial charge in [-0.05, 0) is 35.9 Å². The van der Waals surface area contributed by atoms with Gasteiger partial charge in [-0.1, -0.05) is 12.1 Å². The van der Waals surface area contributed by atoms with Crippen LogP contribution in [0.25, 0.3) is 6.08 Å². The molecule has 0 heterocycles. The van der Waals surface area contributed by atoms with Crippen molar-refractivity contribution in [3.8, 4) is 5.75 Å². The Bertz CT molecular complexity index is 844. The number of phenolic OH excluding ortho intramolecular Hbond substituents is 1. The van der Waals surface area contributed by atoms with E-state index in [1.165, 1.54) is 55.5 Å². The van der Waals surface area contributed by atoms with Crippen molar-refractivity contribution in [1.82, 2.24) is 5.32 Å². The molecule has 0 radical (unpaired) electrons. The summed E-state index contributed by atoms with van der Waals surface area (Å²) in [4.78, 5) is 34.0. The molecular weight excluding hydrogens is 326 g/mol. The number of amides is 2. The van der Waals surface area contributed by atoms with Gasteiger partial charge in [-0.2, -0.15) is 0 Å². The van der Waals surface area contributed by atoms with Gasteiger partial charge >= 0.3 is 0 Å². The second kappa shape index (κ2) is 7.73. The standard InChI is InChI=1S/C17H15N3O5/c1-11(21)18-16(10-12-3-2-4-14(9-12)20(24)25)17(23)19-13-5-7-15(22)8-6-13/h2-10,22H,1H3,(H,18,21)(H,19,23).